The molecular formula is C29H33NO5S. The van der Waals surface area contributed by atoms with Crippen molar-refractivity contribution in [3.63, 3.8) is 0 Å². The Kier molecular flexibility index (Phi) is 7.04. The predicted molar refractivity (Wildman–Crippen MR) is 139 cm³/mol. The first kappa shape index (κ1) is 24.8. The second-order valence-electron chi connectivity index (χ2n) is 10.1. The quantitative estimate of drug-likeness (QED) is 0.495. The van der Waals surface area contributed by atoms with Gasteiger partial charge in [-0.25, -0.2) is 8.42 Å². The Hall–Kier alpha value is -2.90. The first-order valence-corrected chi connectivity index (χ1v) is 14.3. The number of ether oxygens (including phenoxy) is 1. The highest BCUT2D eigenvalue weighted by Gasteiger charge is 2.50. The number of anilines is 1. The summed E-state index contributed by atoms with van der Waals surface area (Å²) in [7, 11) is -3.76. The second-order valence-corrected chi connectivity index (χ2v) is 11.7. The summed E-state index contributed by atoms with van der Waals surface area (Å²) in [6.07, 6.45) is 10.3. The number of benzene rings is 2. The van der Waals surface area contributed by atoms with Crippen molar-refractivity contribution in [3.8, 4) is 0 Å². The van der Waals surface area contributed by atoms with E-state index < -0.39 is 28.0 Å². The molecule has 1 saturated heterocycles. The molecule has 2 fully saturated rings. The summed E-state index contributed by atoms with van der Waals surface area (Å²) in [5.41, 5.74) is 2.35. The van der Waals surface area contributed by atoms with Crippen molar-refractivity contribution >= 4 is 21.7 Å². The van der Waals surface area contributed by atoms with E-state index in [-0.39, 0.29) is 22.6 Å². The summed E-state index contributed by atoms with van der Waals surface area (Å²) in [6, 6.07) is 14.1. The molecular weight excluding hydrogens is 474 g/mol. The van der Waals surface area contributed by atoms with Gasteiger partial charge >= 0.3 is 5.97 Å². The van der Waals surface area contributed by atoms with Gasteiger partial charge in [-0.15, -0.1) is 0 Å². The normalized spacial score (nSPS) is 25.1. The summed E-state index contributed by atoms with van der Waals surface area (Å²) in [6.45, 7) is 2.02. The van der Waals surface area contributed by atoms with Gasteiger partial charge in [0.2, 0.25) is 0 Å². The molecule has 4 atom stereocenters. The van der Waals surface area contributed by atoms with Crippen LogP contribution in [0.2, 0.25) is 0 Å². The van der Waals surface area contributed by atoms with Crippen LogP contribution in [-0.4, -0.2) is 25.6 Å². The van der Waals surface area contributed by atoms with Gasteiger partial charge in [-0.3, -0.25) is 9.52 Å². The predicted octanol–water partition coefficient (Wildman–Crippen LogP) is 5.32. The Morgan fingerprint density at radius 2 is 1.89 bits per heavy atom. The van der Waals surface area contributed by atoms with E-state index in [2.05, 4.69) is 4.72 Å². The van der Waals surface area contributed by atoms with Crippen LogP contribution >= 0.6 is 0 Å². The van der Waals surface area contributed by atoms with E-state index in [4.69, 9.17) is 4.74 Å². The van der Waals surface area contributed by atoms with E-state index in [0.717, 1.165) is 49.7 Å². The number of aliphatic hydroxyl groups is 1. The van der Waals surface area contributed by atoms with Crippen molar-refractivity contribution in [2.24, 2.45) is 17.8 Å². The average Bonchev–Trinajstić information content (AvgIpc) is 3.68. The second kappa shape index (κ2) is 10.2. The Labute approximate surface area is 213 Å². The molecule has 4 unspecified atom stereocenters. The molecule has 190 valence electrons. The molecule has 36 heavy (non-hydrogen) atoms. The molecule has 5 rings (SSSR count). The summed E-state index contributed by atoms with van der Waals surface area (Å²) in [4.78, 5) is 13.4. The minimum absolute atomic E-state index is 0.202. The van der Waals surface area contributed by atoms with Crippen LogP contribution in [0, 0.1) is 17.8 Å². The zero-order valence-corrected chi connectivity index (χ0v) is 21.3. The van der Waals surface area contributed by atoms with Crippen molar-refractivity contribution in [2.45, 2.75) is 62.4 Å². The number of aliphatic hydroxyl groups excluding tert-OH is 1. The highest BCUT2D eigenvalue weighted by molar-refractivity contribution is 7.92. The maximum absolute atomic E-state index is 13.2. The Morgan fingerprint density at radius 3 is 2.61 bits per heavy atom. The minimum Gasteiger partial charge on any atom is -0.430 e. The van der Waals surface area contributed by atoms with E-state index in [1.165, 1.54) is 0 Å². The number of carbonyl (C=O) groups excluding carboxylic acids is 1. The number of carbonyl (C=O) groups is 1. The molecule has 0 radical (unpaired) electrons. The third kappa shape index (κ3) is 5.13. The number of esters is 1. The summed E-state index contributed by atoms with van der Waals surface area (Å²) in [5, 5.41) is 11.4. The molecule has 2 aromatic carbocycles. The van der Waals surface area contributed by atoms with Gasteiger partial charge in [0, 0.05) is 17.5 Å². The molecule has 2 aromatic rings. The topological polar surface area (TPSA) is 92.7 Å². The fourth-order valence-electron chi connectivity index (χ4n) is 5.52. The van der Waals surface area contributed by atoms with Crippen molar-refractivity contribution in [2.75, 3.05) is 4.72 Å². The number of allylic oxidation sites excluding steroid dienone is 3. The SMILES string of the molecule is CCc1ccc(S(=O)(=O)Nc2cccc(C(C3CC3)C3C(=O)OC4=CC=CCCCC4C3O)c2)cc1. The zero-order chi connectivity index (χ0) is 25.3. The van der Waals surface area contributed by atoms with Crippen molar-refractivity contribution in [3.05, 3.63) is 83.6 Å². The van der Waals surface area contributed by atoms with Crippen LogP contribution in [0.5, 0.6) is 0 Å². The maximum atomic E-state index is 13.2. The average molecular weight is 508 g/mol. The molecule has 3 aliphatic rings. The third-order valence-electron chi connectivity index (χ3n) is 7.60. The van der Waals surface area contributed by atoms with Crippen LogP contribution in [0.4, 0.5) is 5.69 Å². The molecule has 1 heterocycles. The lowest BCUT2D eigenvalue weighted by atomic mass is 9.72. The number of hydrogen-bond acceptors (Lipinski definition) is 5. The van der Waals surface area contributed by atoms with Gasteiger partial charge in [0.1, 0.15) is 5.76 Å². The van der Waals surface area contributed by atoms with Crippen molar-refractivity contribution in [1.82, 2.24) is 0 Å². The molecule has 0 amide bonds. The van der Waals surface area contributed by atoms with Crippen molar-refractivity contribution < 1.29 is 23.1 Å². The lowest BCUT2D eigenvalue weighted by molar-refractivity contribution is -0.160. The van der Waals surface area contributed by atoms with E-state index in [9.17, 15) is 18.3 Å². The molecule has 0 spiro atoms. The van der Waals surface area contributed by atoms with Crippen LogP contribution in [0.1, 0.15) is 56.1 Å². The van der Waals surface area contributed by atoms with Gasteiger partial charge in [0.25, 0.3) is 10.0 Å². The Morgan fingerprint density at radius 1 is 1.11 bits per heavy atom. The number of nitrogens with one attached hydrogen (secondary N) is 1. The van der Waals surface area contributed by atoms with Crippen molar-refractivity contribution in [1.29, 1.82) is 0 Å². The number of rotatable bonds is 7. The molecule has 2 N–H and O–H groups in total. The molecule has 1 saturated carbocycles. The lowest BCUT2D eigenvalue weighted by Crippen LogP contribution is -2.45. The summed E-state index contributed by atoms with van der Waals surface area (Å²) < 4.78 is 34.5. The summed E-state index contributed by atoms with van der Waals surface area (Å²) in [5.74, 6) is -0.737. The summed E-state index contributed by atoms with van der Waals surface area (Å²) >= 11 is 0. The van der Waals surface area contributed by atoms with E-state index in [1.54, 1.807) is 36.4 Å². The highest BCUT2D eigenvalue weighted by Crippen LogP contribution is 2.51. The molecule has 7 heteroatoms. The monoisotopic (exact) mass is 507 g/mol. The first-order valence-electron chi connectivity index (χ1n) is 12.9. The van der Waals surface area contributed by atoms with Crippen LogP contribution in [0.3, 0.4) is 0 Å². The largest absolute Gasteiger partial charge is 0.430 e. The minimum atomic E-state index is -3.76. The third-order valence-corrected chi connectivity index (χ3v) is 9.00. The Balaban J connectivity index is 1.42. The number of fused-ring (bicyclic) bond motifs is 1. The molecule has 6 nitrogen and oxygen atoms in total. The number of sulfonamides is 1. The van der Waals surface area contributed by atoms with Gasteiger partial charge in [-0.2, -0.15) is 0 Å². The Bertz CT molecular complexity index is 1280. The maximum Gasteiger partial charge on any atom is 0.317 e. The van der Waals surface area contributed by atoms with Gasteiger partial charge < -0.3 is 9.84 Å². The number of aryl methyl sites for hydroxylation is 1. The van der Waals surface area contributed by atoms with Gasteiger partial charge in [0.15, 0.2) is 0 Å². The smallest absolute Gasteiger partial charge is 0.317 e. The standard InChI is InChI=1S/C29H33NO5S/c1-2-19-12-16-23(17-13-19)36(33,34)30-22-9-7-8-21(18-22)26(20-14-15-20)27-28(31)24-10-5-3-4-6-11-25(24)35-29(27)32/h4,6-9,11-13,16-18,20,24,26-28,30-31H,2-3,5,10,14-15H2,1H3. The molecule has 2 aliphatic carbocycles. The van der Waals surface area contributed by atoms with Crippen LogP contribution in [-0.2, 0) is 26.0 Å². The van der Waals surface area contributed by atoms with Gasteiger partial charge in [-0.05, 0) is 85.9 Å². The van der Waals surface area contributed by atoms with Crippen LogP contribution in [0.25, 0.3) is 0 Å². The fraction of sp³-hybridized carbons (Fsp3) is 0.414. The number of hydrogen-bond donors (Lipinski definition) is 2. The van der Waals surface area contributed by atoms with Gasteiger partial charge in [0.05, 0.1) is 16.9 Å². The fourth-order valence-corrected chi connectivity index (χ4v) is 6.57. The van der Waals surface area contributed by atoms with Gasteiger partial charge in [-0.1, -0.05) is 43.3 Å². The van der Waals surface area contributed by atoms with Crippen LogP contribution < -0.4 is 4.72 Å². The molecule has 1 aliphatic heterocycles. The van der Waals surface area contributed by atoms with Crippen LogP contribution in [0.15, 0.2) is 77.4 Å². The lowest BCUT2D eigenvalue weighted by Gasteiger charge is -2.39. The van der Waals surface area contributed by atoms with E-state index in [1.807, 2.05) is 37.3 Å². The zero-order valence-electron chi connectivity index (χ0n) is 20.5. The molecule has 0 aromatic heterocycles. The van der Waals surface area contributed by atoms with E-state index in [0.29, 0.717) is 11.4 Å². The van der Waals surface area contributed by atoms with E-state index >= 15 is 0 Å². The first-order chi connectivity index (χ1) is 17.4. The molecule has 0 bridgehead atoms. The highest BCUT2D eigenvalue weighted by atomic mass is 32.2.